The van der Waals surface area contributed by atoms with Gasteiger partial charge in [-0.3, -0.25) is 9.59 Å². The van der Waals surface area contributed by atoms with E-state index >= 15 is 0 Å². The monoisotopic (exact) mass is 458 g/mol. The lowest BCUT2D eigenvalue weighted by Gasteiger charge is -2.36. The summed E-state index contributed by atoms with van der Waals surface area (Å²) in [6.45, 7) is 8.82. The maximum Gasteiger partial charge on any atom is 0.162 e. The zero-order valence-electron chi connectivity index (χ0n) is 20.8. The Bertz CT molecular complexity index is 978. The van der Waals surface area contributed by atoms with Crippen molar-refractivity contribution in [2.45, 2.75) is 77.0 Å². The number of nitrogens with zero attached hydrogens (tertiary/aromatic N) is 2. The molecule has 4 heteroatoms. The number of anilines is 2. The van der Waals surface area contributed by atoms with Gasteiger partial charge in [0.15, 0.2) is 11.6 Å². The number of benzene rings is 2. The highest BCUT2D eigenvalue weighted by Gasteiger charge is 2.50. The third-order valence-corrected chi connectivity index (χ3v) is 8.00. The van der Waals surface area contributed by atoms with Crippen LogP contribution in [0.3, 0.4) is 0 Å². The Balaban J connectivity index is 1.33. The van der Waals surface area contributed by atoms with Gasteiger partial charge in [0.2, 0.25) is 0 Å². The van der Waals surface area contributed by atoms with Crippen LogP contribution in [-0.4, -0.2) is 37.7 Å². The molecular formula is C30H38N2O2. The van der Waals surface area contributed by atoms with Gasteiger partial charge in [-0.1, -0.05) is 51.0 Å². The lowest BCUT2D eigenvalue weighted by atomic mass is 9.65. The van der Waals surface area contributed by atoms with Crippen molar-refractivity contribution in [3.05, 3.63) is 58.7 Å². The van der Waals surface area contributed by atoms with E-state index in [1.54, 1.807) is 0 Å². The molecule has 34 heavy (non-hydrogen) atoms. The predicted molar refractivity (Wildman–Crippen MR) is 139 cm³/mol. The Kier molecular flexibility index (Phi) is 6.76. The summed E-state index contributed by atoms with van der Waals surface area (Å²) < 4.78 is 0. The van der Waals surface area contributed by atoms with Gasteiger partial charge in [-0.05, 0) is 72.9 Å². The molecule has 0 amide bonds. The molecule has 180 valence electrons. The number of carbonyl (C=O) groups is 2. The second-order valence-corrected chi connectivity index (χ2v) is 10.3. The number of ketones is 2. The second kappa shape index (κ2) is 9.93. The predicted octanol–water partition coefficient (Wildman–Crippen LogP) is 5.81. The third-order valence-electron chi connectivity index (χ3n) is 8.00. The number of aryl methyl sites for hydroxylation is 2. The zero-order valence-corrected chi connectivity index (χ0v) is 20.8. The number of carbonyl (C=O) groups excluding carboxylic acids is 2. The summed E-state index contributed by atoms with van der Waals surface area (Å²) in [7, 11) is 0. The van der Waals surface area contributed by atoms with Crippen molar-refractivity contribution < 1.29 is 9.59 Å². The average molecular weight is 459 g/mol. The van der Waals surface area contributed by atoms with Crippen molar-refractivity contribution in [1.29, 1.82) is 0 Å². The first-order chi connectivity index (χ1) is 16.6. The number of unbranched alkanes of at least 4 members (excludes halogenated alkanes) is 2. The van der Waals surface area contributed by atoms with Crippen LogP contribution in [0, 0.1) is 0 Å². The normalized spacial score (nSPS) is 21.8. The molecule has 1 aliphatic carbocycles. The quantitative estimate of drug-likeness (QED) is 0.468. The number of rotatable bonds is 8. The van der Waals surface area contributed by atoms with Gasteiger partial charge in [0.05, 0.1) is 0 Å². The van der Waals surface area contributed by atoms with Gasteiger partial charge in [0.25, 0.3) is 0 Å². The molecule has 0 bridgehead atoms. The fraction of sp³-hybridized carbons (Fsp3) is 0.533. The highest BCUT2D eigenvalue weighted by atomic mass is 16.2. The van der Waals surface area contributed by atoms with Gasteiger partial charge in [0, 0.05) is 37.6 Å². The van der Waals surface area contributed by atoms with Gasteiger partial charge in [-0.2, -0.15) is 0 Å². The molecule has 0 saturated heterocycles. The van der Waals surface area contributed by atoms with Crippen LogP contribution in [0.2, 0.25) is 0 Å². The summed E-state index contributed by atoms with van der Waals surface area (Å²) in [6.07, 6.45) is 9.11. The van der Waals surface area contributed by atoms with Gasteiger partial charge < -0.3 is 9.80 Å². The first-order valence-corrected chi connectivity index (χ1v) is 13.4. The zero-order chi connectivity index (χ0) is 23.7. The first kappa shape index (κ1) is 23.1. The Morgan fingerprint density at radius 2 is 1.15 bits per heavy atom. The molecule has 2 aromatic rings. The van der Waals surface area contributed by atoms with Gasteiger partial charge in [-0.25, -0.2) is 0 Å². The molecule has 2 aliphatic heterocycles. The van der Waals surface area contributed by atoms with Crippen LogP contribution in [0.15, 0.2) is 36.4 Å². The SMILES string of the molecule is CCCCN1CCCc2cc(C3C(=O)C(c4ccc5c(c4)CCCN5CCCC)C3=O)ccc21. The molecule has 5 rings (SSSR count). The second-order valence-electron chi connectivity index (χ2n) is 10.3. The van der Waals surface area contributed by atoms with Crippen molar-refractivity contribution >= 4 is 22.9 Å². The minimum absolute atomic E-state index is 0.0715. The summed E-state index contributed by atoms with van der Waals surface area (Å²) in [5.41, 5.74) is 6.97. The standard InChI is InChI=1S/C30H38N2O2/c1-3-5-15-31-17-7-9-21-19-23(11-13-25(21)31)27-29(33)28(30(27)34)24-12-14-26-22(20-24)10-8-18-32(26)16-6-4-2/h11-14,19-20,27-28H,3-10,15-18H2,1-2H3. The number of fused-ring (bicyclic) bond motifs is 2. The molecular weight excluding hydrogens is 420 g/mol. The molecule has 0 spiro atoms. The molecule has 0 unspecified atom stereocenters. The van der Waals surface area contributed by atoms with Crippen LogP contribution < -0.4 is 9.80 Å². The van der Waals surface area contributed by atoms with Crippen LogP contribution in [0.5, 0.6) is 0 Å². The topological polar surface area (TPSA) is 40.6 Å². The summed E-state index contributed by atoms with van der Waals surface area (Å²) in [6, 6.07) is 12.6. The third kappa shape index (κ3) is 4.16. The van der Waals surface area contributed by atoms with E-state index in [2.05, 4.69) is 47.9 Å². The van der Waals surface area contributed by atoms with Crippen LogP contribution in [-0.2, 0) is 22.4 Å². The maximum atomic E-state index is 13.3. The molecule has 1 saturated carbocycles. The summed E-state index contributed by atoms with van der Waals surface area (Å²) in [5.74, 6) is -1.03. The molecule has 2 aromatic carbocycles. The number of Topliss-reactive ketones (excluding diaryl/α,β-unsaturated/α-hetero) is 2. The van der Waals surface area contributed by atoms with Crippen LogP contribution in [0.1, 0.15) is 86.5 Å². The largest absolute Gasteiger partial charge is 0.371 e. The van der Waals surface area contributed by atoms with Gasteiger partial charge in [0.1, 0.15) is 11.8 Å². The minimum atomic E-state index is -0.585. The van der Waals surface area contributed by atoms with E-state index in [9.17, 15) is 9.59 Å². The Morgan fingerprint density at radius 1 is 0.706 bits per heavy atom. The Morgan fingerprint density at radius 3 is 1.56 bits per heavy atom. The smallest absolute Gasteiger partial charge is 0.162 e. The summed E-state index contributed by atoms with van der Waals surface area (Å²) >= 11 is 0. The van der Waals surface area contributed by atoms with Crippen LogP contribution >= 0.6 is 0 Å². The summed E-state index contributed by atoms with van der Waals surface area (Å²) in [4.78, 5) is 31.5. The van der Waals surface area contributed by atoms with Crippen molar-refractivity contribution in [2.75, 3.05) is 36.0 Å². The van der Waals surface area contributed by atoms with Crippen molar-refractivity contribution in [2.24, 2.45) is 0 Å². The molecule has 3 aliphatic rings. The highest BCUT2D eigenvalue weighted by Crippen LogP contribution is 2.43. The van der Waals surface area contributed by atoms with E-state index in [1.807, 2.05) is 12.1 Å². The van der Waals surface area contributed by atoms with Gasteiger partial charge >= 0.3 is 0 Å². The van der Waals surface area contributed by atoms with Crippen molar-refractivity contribution in [1.82, 2.24) is 0 Å². The lowest BCUT2D eigenvalue weighted by molar-refractivity contribution is -0.142. The lowest BCUT2D eigenvalue weighted by Crippen LogP contribution is -2.44. The number of hydrogen-bond donors (Lipinski definition) is 0. The summed E-state index contributed by atoms with van der Waals surface area (Å²) in [5, 5.41) is 0. The molecule has 0 aromatic heterocycles. The van der Waals surface area contributed by atoms with Gasteiger partial charge in [-0.15, -0.1) is 0 Å². The van der Waals surface area contributed by atoms with E-state index in [4.69, 9.17) is 0 Å². The Hall–Kier alpha value is -2.62. The van der Waals surface area contributed by atoms with E-state index < -0.39 is 11.8 Å². The van der Waals surface area contributed by atoms with Crippen molar-refractivity contribution in [3.63, 3.8) is 0 Å². The highest BCUT2D eigenvalue weighted by molar-refractivity contribution is 6.31. The van der Waals surface area contributed by atoms with E-state index in [0.717, 1.165) is 63.0 Å². The van der Waals surface area contributed by atoms with E-state index in [-0.39, 0.29) is 11.6 Å². The average Bonchev–Trinajstić information content (AvgIpc) is 2.86. The van der Waals surface area contributed by atoms with E-state index in [1.165, 1.54) is 48.2 Å². The fourth-order valence-electron chi connectivity index (χ4n) is 6.09. The van der Waals surface area contributed by atoms with Crippen molar-refractivity contribution in [3.8, 4) is 0 Å². The maximum absolute atomic E-state index is 13.3. The number of hydrogen-bond acceptors (Lipinski definition) is 4. The minimum Gasteiger partial charge on any atom is -0.371 e. The van der Waals surface area contributed by atoms with E-state index in [0.29, 0.717) is 0 Å². The molecule has 4 nitrogen and oxygen atoms in total. The van der Waals surface area contributed by atoms with Crippen LogP contribution in [0.25, 0.3) is 0 Å². The molecule has 0 N–H and O–H groups in total. The molecule has 0 atom stereocenters. The molecule has 2 heterocycles. The molecule has 0 radical (unpaired) electrons. The fourth-order valence-corrected chi connectivity index (χ4v) is 6.09. The van der Waals surface area contributed by atoms with Crippen LogP contribution in [0.4, 0.5) is 11.4 Å². The molecule has 1 fully saturated rings. The Labute approximate surface area is 204 Å². The first-order valence-electron chi connectivity index (χ1n) is 13.4.